The SMILES string of the molecule is Cc1ccc2c(c1)OCCC21CNCCO1. The smallest absolute Gasteiger partial charge is 0.125 e. The van der Waals surface area contributed by atoms with Crippen molar-refractivity contribution >= 4 is 0 Å². The zero-order valence-electron chi connectivity index (χ0n) is 9.58. The molecule has 1 unspecified atom stereocenters. The first-order chi connectivity index (χ1) is 7.80. The van der Waals surface area contributed by atoms with E-state index in [-0.39, 0.29) is 5.60 Å². The number of ether oxygens (including phenoxy) is 2. The van der Waals surface area contributed by atoms with E-state index in [9.17, 15) is 0 Å². The fraction of sp³-hybridized carbons (Fsp3) is 0.538. The summed E-state index contributed by atoms with van der Waals surface area (Å²) in [7, 11) is 0. The van der Waals surface area contributed by atoms with E-state index in [2.05, 4.69) is 30.4 Å². The molecule has 2 aliphatic rings. The highest BCUT2D eigenvalue weighted by Gasteiger charge is 2.40. The van der Waals surface area contributed by atoms with Gasteiger partial charge in [-0.25, -0.2) is 0 Å². The first-order valence-corrected chi connectivity index (χ1v) is 5.89. The summed E-state index contributed by atoms with van der Waals surface area (Å²) in [5.74, 6) is 0.995. The molecule has 2 heterocycles. The third-order valence-electron chi connectivity index (χ3n) is 3.46. The molecule has 3 nitrogen and oxygen atoms in total. The third kappa shape index (κ3) is 1.51. The molecule has 0 bridgehead atoms. The van der Waals surface area contributed by atoms with E-state index in [1.54, 1.807) is 0 Å². The van der Waals surface area contributed by atoms with Crippen LogP contribution in [0.5, 0.6) is 5.75 Å². The average Bonchev–Trinajstić information content (AvgIpc) is 2.30. The summed E-state index contributed by atoms with van der Waals surface area (Å²) in [6.45, 7) is 5.46. The standard InChI is InChI=1S/C13H17NO2/c1-10-2-3-11-12(8-10)15-6-4-13(11)9-14-5-7-16-13/h2-3,8,14H,4-7,9H2,1H3. The summed E-state index contributed by atoms with van der Waals surface area (Å²) < 4.78 is 11.8. The number of nitrogens with one attached hydrogen (secondary N) is 1. The minimum atomic E-state index is -0.153. The minimum Gasteiger partial charge on any atom is -0.493 e. The summed E-state index contributed by atoms with van der Waals surface area (Å²) >= 11 is 0. The van der Waals surface area contributed by atoms with Gasteiger partial charge in [-0.15, -0.1) is 0 Å². The van der Waals surface area contributed by atoms with Crippen molar-refractivity contribution in [3.8, 4) is 5.75 Å². The first kappa shape index (κ1) is 10.1. The molecule has 1 atom stereocenters. The minimum absolute atomic E-state index is 0.153. The Morgan fingerprint density at radius 3 is 3.06 bits per heavy atom. The Morgan fingerprint density at radius 1 is 1.31 bits per heavy atom. The predicted molar refractivity (Wildman–Crippen MR) is 61.8 cm³/mol. The second-order valence-electron chi connectivity index (χ2n) is 4.62. The summed E-state index contributed by atoms with van der Waals surface area (Å²) in [5.41, 5.74) is 2.29. The van der Waals surface area contributed by atoms with Crippen molar-refractivity contribution in [2.24, 2.45) is 0 Å². The van der Waals surface area contributed by atoms with Crippen LogP contribution in [0.3, 0.4) is 0 Å². The van der Waals surface area contributed by atoms with E-state index < -0.39 is 0 Å². The van der Waals surface area contributed by atoms with Gasteiger partial charge in [0, 0.05) is 25.1 Å². The molecule has 16 heavy (non-hydrogen) atoms. The maximum Gasteiger partial charge on any atom is 0.125 e. The Balaban J connectivity index is 2.04. The van der Waals surface area contributed by atoms with Gasteiger partial charge < -0.3 is 14.8 Å². The number of rotatable bonds is 0. The number of hydrogen-bond acceptors (Lipinski definition) is 3. The highest BCUT2D eigenvalue weighted by molar-refractivity contribution is 5.43. The average molecular weight is 219 g/mol. The topological polar surface area (TPSA) is 30.5 Å². The molecule has 0 saturated carbocycles. The molecule has 1 N–H and O–H groups in total. The van der Waals surface area contributed by atoms with Gasteiger partial charge >= 0.3 is 0 Å². The highest BCUT2D eigenvalue weighted by Crippen LogP contribution is 2.40. The van der Waals surface area contributed by atoms with Crippen molar-refractivity contribution in [2.45, 2.75) is 18.9 Å². The molecule has 1 aromatic rings. The van der Waals surface area contributed by atoms with Gasteiger partial charge in [0.2, 0.25) is 0 Å². The lowest BCUT2D eigenvalue weighted by atomic mass is 9.86. The molecule has 1 saturated heterocycles. The van der Waals surface area contributed by atoms with Crippen LogP contribution in [0.1, 0.15) is 17.5 Å². The summed E-state index contributed by atoms with van der Waals surface area (Å²) in [6.07, 6.45) is 0.941. The van der Waals surface area contributed by atoms with Gasteiger partial charge in [-0.05, 0) is 18.6 Å². The highest BCUT2D eigenvalue weighted by atomic mass is 16.5. The van der Waals surface area contributed by atoms with Crippen LogP contribution in [0.15, 0.2) is 18.2 Å². The lowest BCUT2D eigenvalue weighted by Gasteiger charge is -2.41. The molecular weight excluding hydrogens is 202 g/mol. The monoisotopic (exact) mass is 219 g/mol. The van der Waals surface area contributed by atoms with E-state index in [0.29, 0.717) is 0 Å². The van der Waals surface area contributed by atoms with Gasteiger partial charge in [0.25, 0.3) is 0 Å². The largest absolute Gasteiger partial charge is 0.493 e. The van der Waals surface area contributed by atoms with Crippen LogP contribution in [0, 0.1) is 6.92 Å². The molecule has 86 valence electrons. The molecule has 2 aliphatic heterocycles. The zero-order valence-corrected chi connectivity index (χ0v) is 9.58. The molecule has 1 aromatic carbocycles. The van der Waals surface area contributed by atoms with E-state index in [0.717, 1.165) is 38.5 Å². The van der Waals surface area contributed by atoms with Gasteiger partial charge in [-0.2, -0.15) is 0 Å². The Hall–Kier alpha value is -1.06. The fourth-order valence-corrected chi connectivity index (χ4v) is 2.58. The van der Waals surface area contributed by atoms with Crippen molar-refractivity contribution in [2.75, 3.05) is 26.3 Å². The van der Waals surface area contributed by atoms with Gasteiger partial charge in [-0.1, -0.05) is 12.1 Å². The number of hydrogen-bond donors (Lipinski definition) is 1. The van der Waals surface area contributed by atoms with Crippen molar-refractivity contribution in [3.05, 3.63) is 29.3 Å². The van der Waals surface area contributed by atoms with Crippen LogP contribution in [0.4, 0.5) is 0 Å². The summed E-state index contributed by atoms with van der Waals surface area (Å²) in [6, 6.07) is 6.39. The molecule has 0 radical (unpaired) electrons. The van der Waals surface area contributed by atoms with Crippen molar-refractivity contribution < 1.29 is 9.47 Å². The Morgan fingerprint density at radius 2 is 2.25 bits per heavy atom. The van der Waals surface area contributed by atoms with Crippen LogP contribution in [-0.2, 0) is 10.3 Å². The van der Waals surface area contributed by atoms with Crippen LogP contribution < -0.4 is 10.1 Å². The van der Waals surface area contributed by atoms with Crippen LogP contribution >= 0.6 is 0 Å². The van der Waals surface area contributed by atoms with Crippen LogP contribution in [-0.4, -0.2) is 26.3 Å². The maximum atomic E-state index is 6.03. The quantitative estimate of drug-likeness (QED) is 0.719. The van der Waals surface area contributed by atoms with E-state index >= 15 is 0 Å². The van der Waals surface area contributed by atoms with Gasteiger partial charge in [0.1, 0.15) is 11.4 Å². The molecule has 1 fully saturated rings. The molecule has 1 spiro atoms. The molecule has 3 rings (SSSR count). The number of morpholine rings is 1. The Bertz CT molecular complexity index is 397. The third-order valence-corrected chi connectivity index (χ3v) is 3.46. The molecule has 3 heteroatoms. The van der Waals surface area contributed by atoms with E-state index in [1.807, 2.05) is 0 Å². The van der Waals surface area contributed by atoms with Crippen molar-refractivity contribution in [1.82, 2.24) is 5.32 Å². The van der Waals surface area contributed by atoms with Gasteiger partial charge in [0.05, 0.1) is 13.2 Å². The zero-order chi connectivity index (χ0) is 11.0. The maximum absolute atomic E-state index is 6.03. The summed E-state index contributed by atoms with van der Waals surface area (Å²) in [4.78, 5) is 0. The first-order valence-electron chi connectivity index (χ1n) is 5.89. The second kappa shape index (κ2) is 3.75. The number of fused-ring (bicyclic) bond motifs is 2. The van der Waals surface area contributed by atoms with Crippen LogP contribution in [0.2, 0.25) is 0 Å². The van der Waals surface area contributed by atoms with Crippen molar-refractivity contribution in [1.29, 1.82) is 0 Å². The Labute approximate surface area is 95.8 Å². The normalized spacial score (nSPS) is 28.6. The molecule has 0 aliphatic carbocycles. The number of benzene rings is 1. The Kier molecular flexibility index (Phi) is 2.37. The van der Waals surface area contributed by atoms with Crippen LogP contribution in [0.25, 0.3) is 0 Å². The van der Waals surface area contributed by atoms with E-state index in [4.69, 9.17) is 9.47 Å². The summed E-state index contributed by atoms with van der Waals surface area (Å²) in [5, 5.41) is 3.42. The molecule has 0 aromatic heterocycles. The lowest BCUT2D eigenvalue weighted by molar-refractivity contribution is -0.0923. The van der Waals surface area contributed by atoms with Crippen molar-refractivity contribution in [3.63, 3.8) is 0 Å². The van der Waals surface area contributed by atoms with Gasteiger partial charge in [-0.3, -0.25) is 0 Å². The molecular formula is C13H17NO2. The van der Waals surface area contributed by atoms with E-state index in [1.165, 1.54) is 11.1 Å². The fourth-order valence-electron chi connectivity index (χ4n) is 2.58. The second-order valence-corrected chi connectivity index (χ2v) is 4.62. The van der Waals surface area contributed by atoms with Gasteiger partial charge in [0.15, 0.2) is 0 Å². The predicted octanol–water partition coefficient (Wildman–Crippen LogP) is 1.59. The lowest BCUT2D eigenvalue weighted by Crippen LogP contribution is -2.49. The molecule has 0 amide bonds. The number of aryl methyl sites for hydroxylation is 1.